The average Bonchev–Trinajstić information content (AvgIpc) is 3.07. The SMILES string of the molecule is CC[C@@H]1C[C@H](N(Cc2cc(C(F)(F)F)cc(C(F)(F)F)c2)c2ncc(OCCOC)cn2)c2cc(C(F)(F)F)ccc2N1C(=O)OCC(C)(C)C(=O)O. The van der Waals surface area contributed by atoms with E-state index in [1.165, 1.54) is 33.4 Å². The lowest BCUT2D eigenvalue weighted by Gasteiger charge is -2.44. The number of aromatic nitrogens is 2. The van der Waals surface area contributed by atoms with Crippen molar-refractivity contribution in [2.24, 2.45) is 5.41 Å². The molecule has 0 radical (unpaired) electrons. The Morgan fingerprint density at radius 2 is 1.47 bits per heavy atom. The van der Waals surface area contributed by atoms with E-state index in [1.807, 2.05) is 0 Å². The number of alkyl halides is 9. The third kappa shape index (κ3) is 9.79. The van der Waals surface area contributed by atoms with E-state index >= 15 is 0 Å². The van der Waals surface area contributed by atoms with Gasteiger partial charge in [-0.15, -0.1) is 0 Å². The van der Waals surface area contributed by atoms with Gasteiger partial charge in [0.2, 0.25) is 5.95 Å². The maximum absolute atomic E-state index is 14.1. The zero-order valence-corrected chi connectivity index (χ0v) is 28.7. The molecule has 0 saturated heterocycles. The molecule has 4 rings (SSSR count). The first-order valence-corrected chi connectivity index (χ1v) is 16.0. The van der Waals surface area contributed by atoms with E-state index in [-0.39, 0.29) is 55.1 Å². The van der Waals surface area contributed by atoms with Crippen LogP contribution in [0.1, 0.15) is 67.5 Å². The maximum Gasteiger partial charge on any atom is 0.416 e. The summed E-state index contributed by atoms with van der Waals surface area (Å²) in [6.07, 6.45) is -14.2. The normalized spacial score (nSPS) is 16.6. The van der Waals surface area contributed by atoms with Crippen molar-refractivity contribution in [2.45, 2.75) is 70.8 Å². The summed E-state index contributed by atoms with van der Waals surface area (Å²) in [5.74, 6) is -1.48. The summed E-state index contributed by atoms with van der Waals surface area (Å²) in [7, 11) is 1.42. The van der Waals surface area contributed by atoms with E-state index < -0.39 is 83.5 Å². The Balaban J connectivity index is 1.92. The minimum Gasteiger partial charge on any atom is -0.488 e. The molecule has 2 aromatic carbocycles. The van der Waals surface area contributed by atoms with Gasteiger partial charge in [-0.05, 0) is 74.2 Å². The Labute approximate surface area is 297 Å². The summed E-state index contributed by atoms with van der Waals surface area (Å²) in [5.41, 5.74) is -6.77. The molecule has 0 fully saturated rings. The molecule has 1 N–H and O–H groups in total. The third-order valence-corrected chi connectivity index (χ3v) is 8.44. The van der Waals surface area contributed by atoms with Gasteiger partial charge >= 0.3 is 30.6 Å². The molecule has 1 aliphatic rings. The first kappa shape index (κ1) is 41.0. The number of hydrogen-bond donors (Lipinski definition) is 1. The molecule has 0 saturated carbocycles. The Bertz CT molecular complexity index is 1730. The number of nitrogens with zero attached hydrogens (tertiary/aromatic N) is 4. The zero-order chi connectivity index (χ0) is 39.5. The minimum atomic E-state index is -5.19. The fourth-order valence-corrected chi connectivity index (χ4v) is 5.57. The molecule has 290 valence electrons. The number of methoxy groups -OCH3 is 1. The predicted octanol–water partition coefficient (Wildman–Crippen LogP) is 8.54. The number of anilines is 2. The molecule has 0 spiro atoms. The highest BCUT2D eigenvalue weighted by molar-refractivity contribution is 5.91. The molecule has 2 heterocycles. The molecular weight excluding hydrogens is 731 g/mol. The van der Waals surface area contributed by atoms with Crippen molar-refractivity contribution in [2.75, 3.05) is 36.7 Å². The summed E-state index contributed by atoms with van der Waals surface area (Å²) < 4.78 is 141. The first-order chi connectivity index (χ1) is 24.6. The molecule has 0 aliphatic carbocycles. The Hall–Kier alpha value is -4.81. The van der Waals surface area contributed by atoms with Gasteiger partial charge in [-0.1, -0.05) is 6.92 Å². The lowest BCUT2D eigenvalue weighted by atomic mass is 9.87. The monoisotopic (exact) mass is 766 g/mol. The van der Waals surface area contributed by atoms with Crippen molar-refractivity contribution in [3.63, 3.8) is 0 Å². The van der Waals surface area contributed by atoms with Crippen LogP contribution in [0.15, 0.2) is 48.8 Å². The zero-order valence-electron chi connectivity index (χ0n) is 28.7. The second-order valence-corrected chi connectivity index (χ2v) is 12.8. The average molecular weight is 767 g/mol. The van der Waals surface area contributed by atoms with Gasteiger partial charge in [-0.25, -0.2) is 14.8 Å². The lowest BCUT2D eigenvalue weighted by Crippen LogP contribution is -2.49. The minimum absolute atomic E-state index is 0.0513. The second kappa shape index (κ2) is 15.7. The number of amides is 1. The highest BCUT2D eigenvalue weighted by Gasteiger charge is 2.43. The molecule has 0 unspecified atom stereocenters. The Morgan fingerprint density at radius 1 is 0.887 bits per heavy atom. The maximum atomic E-state index is 14.1. The van der Waals surface area contributed by atoms with E-state index in [4.69, 9.17) is 14.2 Å². The standard InChI is InChI=1S/C34H35F9N4O6/c1-5-23-14-27(25-13-20(32(35,36)37)6-7-26(25)47(23)30(50)53-18-31(2,3)28(48)49)46(29-44-15-24(16-45-29)52-9-8-51-4)17-19-10-21(33(38,39)40)12-22(11-19)34(41,42)43/h6-7,10-13,15-16,23,27H,5,8-9,14,17-18H2,1-4H3,(H,48,49)/t23-,27+/m1/s1. The van der Waals surface area contributed by atoms with Gasteiger partial charge in [0.25, 0.3) is 0 Å². The molecule has 2 atom stereocenters. The number of hydrogen-bond acceptors (Lipinski definition) is 8. The van der Waals surface area contributed by atoms with Crippen molar-refractivity contribution >= 4 is 23.7 Å². The molecule has 1 aromatic heterocycles. The van der Waals surface area contributed by atoms with Crippen molar-refractivity contribution in [1.82, 2.24) is 9.97 Å². The van der Waals surface area contributed by atoms with Crippen LogP contribution in [0.25, 0.3) is 0 Å². The van der Waals surface area contributed by atoms with Crippen LogP contribution in [0.4, 0.5) is 55.9 Å². The summed E-state index contributed by atoms with van der Waals surface area (Å²) in [4.78, 5) is 35.8. The van der Waals surface area contributed by atoms with E-state index in [9.17, 15) is 54.2 Å². The smallest absolute Gasteiger partial charge is 0.416 e. The van der Waals surface area contributed by atoms with Gasteiger partial charge in [0.15, 0.2) is 5.75 Å². The van der Waals surface area contributed by atoms with Gasteiger partial charge in [0.05, 0.1) is 52.8 Å². The topological polar surface area (TPSA) is 114 Å². The summed E-state index contributed by atoms with van der Waals surface area (Å²) in [5, 5.41) is 9.48. The fourth-order valence-electron chi connectivity index (χ4n) is 5.57. The number of rotatable bonds is 12. The summed E-state index contributed by atoms with van der Waals surface area (Å²) >= 11 is 0. The van der Waals surface area contributed by atoms with Crippen LogP contribution in [-0.4, -0.2) is 60.1 Å². The van der Waals surface area contributed by atoms with Gasteiger partial charge in [0.1, 0.15) is 13.2 Å². The van der Waals surface area contributed by atoms with Crippen LogP contribution in [-0.2, 0) is 39.3 Å². The number of ether oxygens (including phenoxy) is 3. The highest BCUT2D eigenvalue weighted by Crippen LogP contribution is 2.46. The van der Waals surface area contributed by atoms with Crippen LogP contribution in [0, 0.1) is 5.41 Å². The van der Waals surface area contributed by atoms with Gasteiger partial charge in [-0.2, -0.15) is 39.5 Å². The molecular formula is C34H35F9N4O6. The molecule has 10 nitrogen and oxygen atoms in total. The molecule has 0 bridgehead atoms. The number of carbonyl (C=O) groups excluding carboxylic acids is 1. The number of carboxylic acids is 1. The molecule has 53 heavy (non-hydrogen) atoms. The van der Waals surface area contributed by atoms with Gasteiger partial charge < -0.3 is 24.2 Å². The van der Waals surface area contributed by atoms with E-state index in [1.54, 1.807) is 6.92 Å². The van der Waals surface area contributed by atoms with Crippen LogP contribution >= 0.6 is 0 Å². The van der Waals surface area contributed by atoms with Gasteiger partial charge in [0, 0.05) is 19.7 Å². The highest BCUT2D eigenvalue weighted by atomic mass is 19.4. The first-order valence-electron chi connectivity index (χ1n) is 16.0. The van der Waals surface area contributed by atoms with E-state index in [0.29, 0.717) is 18.2 Å². The Kier molecular flexibility index (Phi) is 12.1. The number of benzene rings is 2. The number of fused-ring (bicyclic) bond motifs is 1. The van der Waals surface area contributed by atoms with Crippen molar-refractivity contribution in [3.05, 3.63) is 76.6 Å². The summed E-state index contributed by atoms with van der Waals surface area (Å²) in [6, 6.07) is 1.19. The largest absolute Gasteiger partial charge is 0.488 e. The Morgan fingerprint density at radius 3 is 1.98 bits per heavy atom. The lowest BCUT2D eigenvalue weighted by molar-refractivity contribution is -0.149. The molecule has 19 heteroatoms. The van der Waals surface area contributed by atoms with Crippen LogP contribution in [0.2, 0.25) is 0 Å². The van der Waals surface area contributed by atoms with Gasteiger partial charge in [-0.3, -0.25) is 9.69 Å². The van der Waals surface area contributed by atoms with E-state index in [2.05, 4.69) is 9.97 Å². The third-order valence-electron chi connectivity index (χ3n) is 8.44. The fraction of sp³-hybridized carbons (Fsp3) is 0.471. The van der Waals surface area contributed by atoms with E-state index in [0.717, 1.165) is 21.9 Å². The number of carboxylic acid groups (broad SMARTS) is 1. The number of halogens is 9. The van der Waals surface area contributed by atoms with Crippen molar-refractivity contribution < 1.29 is 68.4 Å². The van der Waals surface area contributed by atoms with Crippen molar-refractivity contribution in [3.8, 4) is 5.75 Å². The summed E-state index contributed by atoms with van der Waals surface area (Å²) in [6.45, 7) is 3.09. The predicted molar refractivity (Wildman–Crippen MR) is 170 cm³/mol. The number of carbonyl (C=O) groups is 2. The van der Waals surface area contributed by atoms with Crippen molar-refractivity contribution in [1.29, 1.82) is 0 Å². The van der Waals surface area contributed by atoms with Crippen LogP contribution in [0.5, 0.6) is 5.75 Å². The molecule has 1 amide bonds. The van der Waals surface area contributed by atoms with Crippen LogP contribution in [0.3, 0.4) is 0 Å². The second-order valence-electron chi connectivity index (χ2n) is 12.8. The molecule has 3 aromatic rings. The molecule has 1 aliphatic heterocycles. The van der Waals surface area contributed by atoms with Crippen LogP contribution < -0.4 is 14.5 Å². The quantitative estimate of drug-likeness (QED) is 0.143. The number of aliphatic carboxylic acids is 1.